The standard InChI is InChI=1S/C19H21NO3/c21-18-11-8-16(12-18)15-6-9-17(10-7-15)20-19(22)23-13-14-4-2-1-3-5-14/h1-7,9-10,16,18,21H,8,11-13H2,(H,20,22). The second-order valence-corrected chi connectivity index (χ2v) is 5.97. The number of rotatable bonds is 4. The predicted octanol–water partition coefficient (Wildman–Crippen LogP) is 4.06. The third kappa shape index (κ3) is 4.33. The minimum Gasteiger partial charge on any atom is -0.444 e. The lowest BCUT2D eigenvalue weighted by Crippen LogP contribution is -2.13. The SMILES string of the molecule is O=C(Nc1ccc(C2CCC(O)C2)cc1)OCc1ccccc1. The Hall–Kier alpha value is -2.33. The Balaban J connectivity index is 1.50. The summed E-state index contributed by atoms with van der Waals surface area (Å²) < 4.78 is 5.19. The summed E-state index contributed by atoms with van der Waals surface area (Å²) in [4.78, 5) is 11.8. The summed E-state index contributed by atoms with van der Waals surface area (Å²) in [6, 6.07) is 17.4. The quantitative estimate of drug-likeness (QED) is 0.895. The van der Waals surface area contributed by atoms with Gasteiger partial charge in [-0.25, -0.2) is 4.79 Å². The predicted molar refractivity (Wildman–Crippen MR) is 89.3 cm³/mol. The second kappa shape index (κ2) is 7.29. The number of carbonyl (C=O) groups excluding carboxylic acids is 1. The summed E-state index contributed by atoms with van der Waals surface area (Å²) in [5, 5.41) is 12.3. The van der Waals surface area contributed by atoms with Crippen molar-refractivity contribution in [2.75, 3.05) is 5.32 Å². The first-order chi connectivity index (χ1) is 11.2. The fourth-order valence-electron chi connectivity index (χ4n) is 2.98. The van der Waals surface area contributed by atoms with Gasteiger partial charge in [-0.2, -0.15) is 0 Å². The van der Waals surface area contributed by atoms with E-state index in [4.69, 9.17) is 4.74 Å². The van der Waals surface area contributed by atoms with Crippen molar-refractivity contribution in [2.45, 2.75) is 37.9 Å². The van der Waals surface area contributed by atoms with Gasteiger partial charge in [0.15, 0.2) is 0 Å². The zero-order valence-corrected chi connectivity index (χ0v) is 12.9. The molecule has 23 heavy (non-hydrogen) atoms. The summed E-state index contributed by atoms with van der Waals surface area (Å²) in [6.45, 7) is 0.255. The van der Waals surface area contributed by atoms with E-state index in [1.807, 2.05) is 54.6 Å². The Kier molecular flexibility index (Phi) is 4.93. The molecule has 2 unspecified atom stereocenters. The average Bonchev–Trinajstić information content (AvgIpc) is 3.01. The van der Waals surface area contributed by atoms with Gasteiger partial charge < -0.3 is 9.84 Å². The molecule has 0 aliphatic heterocycles. The van der Waals surface area contributed by atoms with Crippen molar-refractivity contribution in [3.8, 4) is 0 Å². The summed E-state index contributed by atoms with van der Waals surface area (Å²) >= 11 is 0. The van der Waals surface area contributed by atoms with E-state index >= 15 is 0 Å². The molecule has 2 atom stereocenters. The summed E-state index contributed by atoms with van der Waals surface area (Å²) in [6.07, 6.45) is 2.08. The van der Waals surface area contributed by atoms with Crippen LogP contribution in [0.1, 0.15) is 36.3 Å². The van der Waals surface area contributed by atoms with Crippen LogP contribution in [0.3, 0.4) is 0 Å². The van der Waals surface area contributed by atoms with Gasteiger partial charge in [0, 0.05) is 5.69 Å². The Labute approximate surface area is 136 Å². The van der Waals surface area contributed by atoms with Crippen molar-refractivity contribution in [3.05, 3.63) is 65.7 Å². The van der Waals surface area contributed by atoms with Crippen LogP contribution in [-0.4, -0.2) is 17.3 Å². The lowest BCUT2D eigenvalue weighted by molar-refractivity contribution is 0.155. The minimum atomic E-state index is -0.460. The molecule has 1 saturated carbocycles. The number of amides is 1. The molecule has 4 nitrogen and oxygen atoms in total. The molecule has 2 N–H and O–H groups in total. The van der Waals surface area contributed by atoms with E-state index in [1.54, 1.807) is 0 Å². The molecule has 1 aliphatic carbocycles. The van der Waals surface area contributed by atoms with Gasteiger partial charge in [0.2, 0.25) is 0 Å². The van der Waals surface area contributed by atoms with E-state index in [9.17, 15) is 9.90 Å². The van der Waals surface area contributed by atoms with Crippen LogP contribution in [0.15, 0.2) is 54.6 Å². The van der Waals surface area contributed by atoms with E-state index in [2.05, 4.69) is 5.32 Å². The number of aliphatic hydroxyl groups excluding tert-OH is 1. The summed E-state index contributed by atoms with van der Waals surface area (Å²) in [5.41, 5.74) is 2.88. The van der Waals surface area contributed by atoms with Gasteiger partial charge in [-0.3, -0.25) is 5.32 Å². The lowest BCUT2D eigenvalue weighted by Gasteiger charge is -2.11. The maximum Gasteiger partial charge on any atom is 0.411 e. The van der Waals surface area contributed by atoms with Crippen LogP contribution in [-0.2, 0) is 11.3 Å². The highest BCUT2D eigenvalue weighted by atomic mass is 16.5. The van der Waals surface area contributed by atoms with Crippen LogP contribution in [0, 0.1) is 0 Å². The van der Waals surface area contributed by atoms with Crippen LogP contribution < -0.4 is 5.32 Å². The molecular formula is C19H21NO3. The van der Waals surface area contributed by atoms with Crippen LogP contribution in [0.5, 0.6) is 0 Å². The van der Waals surface area contributed by atoms with E-state index < -0.39 is 6.09 Å². The number of carbonyl (C=O) groups is 1. The van der Waals surface area contributed by atoms with Crippen LogP contribution >= 0.6 is 0 Å². The third-order valence-electron chi connectivity index (χ3n) is 4.25. The minimum absolute atomic E-state index is 0.175. The van der Waals surface area contributed by atoms with Crippen molar-refractivity contribution < 1.29 is 14.6 Å². The van der Waals surface area contributed by atoms with Gasteiger partial charge in [-0.15, -0.1) is 0 Å². The van der Waals surface area contributed by atoms with Crippen molar-refractivity contribution >= 4 is 11.8 Å². The average molecular weight is 311 g/mol. The topological polar surface area (TPSA) is 58.6 Å². The number of benzene rings is 2. The first kappa shape index (κ1) is 15.6. The number of hydrogen-bond donors (Lipinski definition) is 2. The Bertz CT molecular complexity index is 639. The van der Waals surface area contributed by atoms with Crippen molar-refractivity contribution in [3.63, 3.8) is 0 Å². The second-order valence-electron chi connectivity index (χ2n) is 5.97. The number of nitrogens with one attached hydrogen (secondary N) is 1. The van der Waals surface area contributed by atoms with Gasteiger partial charge in [-0.05, 0) is 48.4 Å². The summed E-state index contributed by atoms with van der Waals surface area (Å²) in [7, 11) is 0. The highest BCUT2D eigenvalue weighted by molar-refractivity contribution is 5.84. The molecule has 0 bridgehead atoms. The highest BCUT2D eigenvalue weighted by Gasteiger charge is 2.23. The Morgan fingerprint density at radius 2 is 1.83 bits per heavy atom. The van der Waals surface area contributed by atoms with Crippen molar-refractivity contribution in [1.29, 1.82) is 0 Å². The number of anilines is 1. The molecular weight excluding hydrogens is 290 g/mol. The molecule has 1 fully saturated rings. The molecule has 1 amide bonds. The first-order valence-electron chi connectivity index (χ1n) is 7.96. The molecule has 120 valence electrons. The zero-order valence-electron chi connectivity index (χ0n) is 12.9. The number of aliphatic hydroxyl groups is 1. The molecule has 2 aromatic rings. The molecule has 0 aromatic heterocycles. The van der Waals surface area contributed by atoms with Gasteiger partial charge in [0.1, 0.15) is 6.61 Å². The van der Waals surface area contributed by atoms with Gasteiger partial charge in [-0.1, -0.05) is 42.5 Å². The van der Waals surface area contributed by atoms with E-state index in [1.165, 1.54) is 5.56 Å². The summed E-state index contributed by atoms with van der Waals surface area (Å²) in [5.74, 6) is 0.420. The zero-order chi connectivity index (χ0) is 16.1. The molecule has 0 saturated heterocycles. The van der Waals surface area contributed by atoms with Crippen LogP contribution in [0.2, 0.25) is 0 Å². The fourth-order valence-corrected chi connectivity index (χ4v) is 2.98. The molecule has 0 heterocycles. The Morgan fingerprint density at radius 3 is 2.48 bits per heavy atom. The molecule has 2 aromatic carbocycles. The maximum atomic E-state index is 11.8. The molecule has 1 aliphatic rings. The van der Waals surface area contributed by atoms with Crippen LogP contribution in [0.25, 0.3) is 0 Å². The Morgan fingerprint density at radius 1 is 1.09 bits per heavy atom. The number of ether oxygens (including phenoxy) is 1. The lowest BCUT2D eigenvalue weighted by atomic mass is 9.97. The van der Waals surface area contributed by atoms with Gasteiger partial charge >= 0.3 is 6.09 Å². The van der Waals surface area contributed by atoms with Crippen LogP contribution in [0.4, 0.5) is 10.5 Å². The van der Waals surface area contributed by atoms with Crippen molar-refractivity contribution in [2.24, 2.45) is 0 Å². The molecule has 0 radical (unpaired) electrons. The third-order valence-corrected chi connectivity index (χ3v) is 4.25. The molecule has 0 spiro atoms. The monoisotopic (exact) mass is 311 g/mol. The highest BCUT2D eigenvalue weighted by Crippen LogP contribution is 2.34. The van der Waals surface area contributed by atoms with Gasteiger partial charge in [0.05, 0.1) is 6.10 Å². The van der Waals surface area contributed by atoms with Crippen molar-refractivity contribution in [1.82, 2.24) is 0 Å². The normalized spacial score (nSPS) is 20.2. The van der Waals surface area contributed by atoms with E-state index in [-0.39, 0.29) is 12.7 Å². The smallest absolute Gasteiger partial charge is 0.411 e. The maximum absolute atomic E-state index is 11.8. The largest absolute Gasteiger partial charge is 0.444 e. The molecule has 4 heteroatoms. The number of hydrogen-bond acceptors (Lipinski definition) is 3. The van der Waals surface area contributed by atoms with E-state index in [0.717, 1.165) is 24.8 Å². The van der Waals surface area contributed by atoms with E-state index in [0.29, 0.717) is 11.6 Å². The fraction of sp³-hybridized carbons (Fsp3) is 0.316. The van der Waals surface area contributed by atoms with Gasteiger partial charge in [0.25, 0.3) is 0 Å². The first-order valence-corrected chi connectivity index (χ1v) is 7.96. The molecule has 3 rings (SSSR count).